The highest BCUT2D eigenvalue weighted by Crippen LogP contribution is 2.28. The van der Waals surface area contributed by atoms with E-state index < -0.39 is 0 Å². The molecule has 0 saturated carbocycles. The Hall–Kier alpha value is -2.13. The molecule has 0 radical (unpaired) electrons. The molecule has 1 aliphatic rings. The summed E-state index contributed by atoms with van der Waals surface area (Å²) in [5.41, 5.74) is 1.82. The third-order valence-corrected chi connectivity index (χ3v) is 6.15. The predicted octanol–water partition coefficient (Wildman–Crippen LogP) is 4.52. The van der Waals surface area contributed by atoms with Gasteiger partial charge in [-0.25, -0.2) is 0 Å². The van der Waals surface area contributed by atoms with Gasteiger partial charge in [-0.15, -0.1) is 5.11 Å². The van der Waals surface area contributed by atoms with Gasteiger partial charge in [0.1, 0.15) is 5.75 Å². The molecule has 0 unspecified atom stereocenters. The van der Waals surface area contributed by atoms with E-state index in [1.165, 1.54) is 0 Å². The van der Waals surface area contributed by atoms with Gasteiger partial charge in [-0.05, 0) is 62.9 Å². The van der Waals surface area contributed by atoms with Crippen molar-refractivity contribution in [2.75, 3.05) is 36.5 Å². The quantitative estimate of drug-likeness (QED) is 0.285. The highest BCUT2D eigenvalue weighted by atomic mass is 127. The van der Waals surface area contributed by atoms with Crippen LogP contribution in [0.4, 0.5) is 17.8 Å². The fourth-order valence-electron chi connectivity index (χ4n) is 3.07. The smallest absolute Gasteiger partial charge is 0.275 e. The molecule has 1 fully saturated rings. The Kier molecular flexibility index (Phi) is 8.02. The summed E-state index contributed by atoms with van der Waals surface area (Å²) in [5, 5.41) is 22.0. The average Bonchev–Trinajstić information content (AvgIpc) is 2.82. The molecule has 32 heavy (non-hydrogen) atoms. The van der Waals surface area contributed by atoms with Crippen LogP contribution >= 0.6 is 45.2 Å². The van der Waals surface area contributed by atoms with Gasteiger partial charge in [0, 0.05) is 28.8 Å². The molecule has 3 aromatic rings. The molecule has 0 bridgehead atoms. The van der Waals surface area contributed by atoms with Crippen LogP contribution in [0.1, 0.15) is 11.1 Å². The Morgan fingerprint density at radius 2 is 1.84 bits per heavy atom. The van der Waals surface area contributed by atoms with Crippen molar-refractivity contribution in [1.29, 1.82) is 0 Å². The van der Waals surface area contributed by atoms with Crippen molar-refractivity contribution in [3.8, 4) is 5.75 Å². The van der Waals surface area contributed by atoms with E-state index in [4.69, 9.17) is 4.74 Å². The Morgan fingerprint density at radius 1 is 1.06 bits per heavy atom. The molecule has 166 valence electrons. The summed E-state index contributed by atoms with van der Waals surface area (Å²) in [7, 11) is 0. The molecule has 0 spiro atoms. The lowest BCUT2D eigenvalue weighted by atomic mass is 10.2. The van der Waals surface area contributed by atoms with E-state index >= 15 is 0 Å². The van der Waals surface area contributed by atoms with Gasteiger partial charge in [0.05, 0.1) is 23.3 Å². The van der Waals surface area contributed by atoms with Gasteiger partial charge in [-0.1, -0.05) is 30.3 Å². The summed E-state index contributed by atoms with van der Waals surface area (Å²) in [6.07, 6.45) is 0. The normalized spacial score (nSPS) is 14.1. The number of aromatic nitrogens is 3. The van der Waals surface area contributed by atoms with E-state index in [0.717, 1.165) is 12.7 Å². The maximum absolute atomic E-state index is 10.3. The minimum absolute atomic E-state index is 0.219. The SMILES string of the molecule is Oc1c(I)cc(I)cc1CN=Nc1nc(NCc2ccccc2)nc(N2CCOCC2)n1. The molecule has 1 aromatic heterocycles. The first-order valence-electron chi connectivity index (χ1n) is 9.99. The van der Waals surface area contributed by atoms with Crippen molar-refractivity contribution in [3.05, 3.63) is 60.7 Å². The molecular formula is C21H21I2N7O2. The maximum atomic E-state index is 10.3. The molecule has 9 nitrogen and oxygen atoms in total. The number of rotatable bonds is 7. The van der Waals surface area contributed by atoms with E-state index in [1.807, 2.05) is 47.4 Å². The lowest BCUT2D eigenvalue weighted by Gasteiger charge is -2.26. The zero-order chi connectivity index (χ0) is 22.3. The molecule has 1 aliphatic heterocycles. The van der Waals surface area contributed by atoms with Crippen molar-refractivity contribution in [2.24, 2.45) is 10.2 Å². The monoisotopic (exact) mass is 657 g/mol. The van der Waals surface area contributed by atoms with Gasteiger partial charge in [-0.2, -0.15) is 20.1 Å². The van der Waals surface area contributed by atoms with E-state index in [9.17, 15) is 5.11 Å². The minimum atomic E-state index is 0.219. The van der Waals surface area contributed by atoms with E-state index in [2.05, 4.69) is 75.7 Å². The molecule has 2 aromatic carbocycles. The number of phenols is 1. The largest absolute Gasteiger partial charge is 0.506 e. The number of aromatic hydroxyl groups is 1. The summed E-state index contributed by atoms with van der Waals surface area (Å²) < 4.78 is 7.24. The summed E-state index contributed by atoms with van der Waals surface area (Å²) in [4.78, 5) is 15.5. The Bertz CT molecular complexity index is 1090. The van der Waals surface area contributed by atoms with Gasteiger partial charge in [0.2, 0.25) is 11.9 Å². The molecule has 11 heteroatoms. The number of azo groups is 1. The number of anilines is 2. The van der Waals surface area contributed by atoms with Crippen LogP contribution < -0.4 is 10.2 Å². The van der Waals surface area contributed by atoms with Crippen LogP contribution in [0.5, 0.6) is 5.75 Å². The highest BCUT2D eigenvalue weighted by Gasteiger charge is 2.17. The van der Waals surface area contributed by atoms with E-state index in [-0.39, 0.29) is 18.2 Å². The highest BCUT2D eigenvalue weighted by molar-refractivity contribution is 14.1. The first kappa shape index (κ1) is 23.0. The van der Waals surface area contributed by atoms with E-state index in [0.29, 0.717) is 50.3 Å². The number of nitrogens with one attached hydrogen (secondary N) is 1. The van der Waals surface area contributed by atoms with Crippen molar-refractivity contribution in [3.63, 3.8) is 0 Å². The second-order valence-corrected chi connectivity index (χ2v) is 9.40. The van der Waals surface area contributed by atoms with Gasteiger partial charge >= 0.3 is 0 Å². The topological polar surface area (TPSA) is 108 Å². The molecule has 0 atom stereocenters. The summed E-state index contributed by atoms with van der Waals surface area (Å²) in [6, 6.07) is 13.8. The molecule has 4 rings (SSSR count). The second-order valence-electron chi connectivity index (χ2n) is 6.99. The third kappa shape index (κ3) is 6.22. The van der Waals surface area contributed by atoms with Crippen LogP contribution in [0.2, 0.25) is 0 Å². The third-order valence-electron chi connectivity index (χ3n) is 4.71. The van der Waals surface area contributed by atoms with Crippen molar-refractivity contribution in [1.82, 2.24) is 15.0 Å². The Balaban J connectivity index is 1.54. The van der Waals surface area contributed by atoms with Crippen LogP contribution in [-0.2, 0) is 17.8 Å². The lowest BCUT2D eigenvalue weighted by Crippen LogP contribution is -2.37. The van der Waals surface area contributed by atoms with E-state index in [1.54, 1.807) is 0 Å². The first-order valence-corrected chi connectivity index (χ1v) is 12.2. The summed E-state index contributed by atoms with van der Waals surface area (Å²) in [5.74, 6) is 1.42. The van der Waals surface area contributed by atoms with Crippen LogP contribution in [0, 0.1) is 7.14 Å². The Morgan fingerprint density at radius 3 is 2.62 bits per heavy atom. The van der Waals surface area contributed by atoms with Crippen LogP contribution in [0.3, 0.4) is 0 Å². The zero-order valence-electron chi connectivity index (χ0n) is 17.1. The number of nitrogens with zero attached hydrogens (tertiary/aromatic N) is 6. The molecular weight excluding hydrogens is 636 g/mol. The standard InChI is InChI=1S/C21H21I2N7O2/c22-16-10-15(18(31)17(23)11-16)13-25-29-20-26-19(24-12-14-4-2-1-3-5-14)27-21(28-20)30-6-8-32-9-7-30/h1-5,10-11,31H,6-9,12-13H2,(H,24,26,27,28). The number of hydrogen-bond acceptors (Lipinski definition) is 9. The molecule has 1 saturated heterocycles. The average molecular weight is 657 g/mol. The number of phenolic OH excluding ortho intramolecular Hbond substituents is 1. The van der Waals surface area contributed by atoms with Gasteiger partial charge in [0.15, 0.2) is 0 Å². The molecule has 2 heterocycles. The fourth-order valence-corrected chi connectivity index (χ4v) is 5.04. The van der Waals surface area contributed by atoms with Crippen LogP contribution in [0.15, 0.2) is 52.7 Å². The number of morpholine rings is 1. The number of benzene rings is 2. The fraction of sp³-hybridized carbons (Fsp3) is 0.286. The lowest BCUT2D eigenvalue weighted by molar-refractivity contribution is 0.122. The van der Waals surface area contributed by atoms with Crippen molar-refractivity contribution in [2.45, 2.75) is 13.1 Å². The zero-order valence-corrected chi connectivity index (χ0v) is 21.4. The van der Waals surface area contributed by atoms with Gasteiger partial charge in [-0.3, -0.25) is 0 Å². The van der Waals surface area contributed by atoms with Crippen molar-refractivity contribution < 1.29 is 9.84 Å². The first-order chi connectivity index (χ1) is 15.6. The summed E-state index contributed by atoms with van der Waals surface area (Å²) in [6.45, 7) is 3.46. The van der Waals surface area contributed by atoms with Gasteiger partial charge in [0.25, 0.3) is 5.95 Å². The van der Waals surface area contributed by atoms with Gasteiger partial charge < -0.3 is 20.1 Å². The second kappa shape index (κ2) is 11.1. The molecule has 0 amide bonds. The predicted molar refractivity (Wildman–Crippen MR) is 138 cm³/mol. The minimum Gasteiger partial charge on any atom is -0.506 e. The number of halogens is 2. The van der Waals surface area contributed by atoms with Crippen LogP contribution in [0.25, 0.3) is 0 Å². The Labute approximate surface area is 213 Å². The number of ether oxygens (including phenoxy) is 1. The van der Waals surface area contributed by atoms with Crippen molar-refractivity contribution >= 4 is 63.0 Å². The molecule has 2 N–H and O–H groups in total. The maximum Gasteiger partial charge on any atom is 0.275 e. The molecule has 0 aliphatic carbocycles. The van der Waals surface area contributed by atoms with Crippen LogP contribution in [-0.4, -0.2) is 46.4 Å². The summed E-state index contributed by atoms with van der Waals surface area (Å²) >= 11 is 4.32. The number of hydrogen-bond donors (Lipinski definition) is 2.